The van der Waals surface area contributed by atoms with Crippen molar-refractivity contribution in [3.63, 3.8) is 0 Å². The molecule has 1 unspecified atom stereocenters. The van der Waals surface area contributed by atoms with Crippen LogP contribution in [0.1, 0.15) is 11.6 Å². The number of para-hydroxylation sites is 1. The first-order valence-electron chi connectivity index (χ1n) is 6.50. The molecule has 3 heterocycles. The number of benzene rings is 1. The van der Waals surface area contributed by atoms with E-state index < -0.39 is 12.2 Å². The van der Waals surface area contributed by atoms with Gasteiger partial charge in [0.15, 0.2) is 11.7 Å². The van der Waals surface area contributed by atoms with Gasteiger partial charge in [-0.05, 0) is 6.07 Å². The van der Waals surface area contributed by atoms with Gasteiger partial charge in [-0.3, -0.25) is 4.68 Å². The molecule has 3 N–H and O–H groups in total. The van der Waals surface area contributed by atoms with Gasteiger partial charge in [-0.1, -0.05) is 18.2 Å². The number of anilines is 1. The van der Waals surface area contributed by atoms with Gasteiger partial charge < -0.3 is 11.2 Å². The van der Waals surface area contributed by atoms with Gasteiger partial charge in [-0.25, -0.2) is 9.97 Å². The van der Waals surface area contributed by atoms with Gasteiger partial charge in [0.25, 0.3) is 0 Å². The summed E-state index contributed by atoms with van der Waals surface area (Å²) in [6.07, 6.45) is -1.92. The molecule has 0 radical (unpaired) electrons. The summed E-state index contributed by atoms with van der Waals surface area (Å²) in [6, 6.07) is 4.89. The van der Waals surface area contributed by atoms with Crippen LogP contribution in [-0.2, 0) is 0 Å². The lowest BCUT2D eigenvalue weighted by atomic mass is 10.0. The van der Waals surface area contributed by atoms with Gasteiger partial charge in [-0.15, -0.1) is 0 Å². The number of hydrogen-bond donors (Lipinski definition) is 2. The molecule has 0 spiro atoms. The van der Waals surface area contributed by atoms with E-state index in [9.17, 15) is 13.2 Å². The fourth-order valence-electron chi connectivity index (χ4n) is 2.84. The average Bonchev–Trinajstić information content (AvgIpc) is 2.72. The molecule has 0 bridgehead atoms. The Morgan fingerprint density at radius 2 is 1.95 bits per heavy atom. The van der Waals surface area contributed by atoms with Crippen molar-refractivity contribution in [1.82, 2.24) is 14.6 Å². The second-order valence-corrected chi connectivity index (χ2v) is 5.08. The summed E-state index contributed by atoms with van der Waals surface area (Å²) < 4.78 is 41.6. The average molecular weight is 305 g/mol. The van der Waals surface area contributed by atoms with Crippen LogP contribution in [0.2, 0.25) is 0 Å². The summed E-state index contributed by atoms with van der Waals surface area (Å²) in [5.74, 6) is 5.76. The fourth-order valence-corrected chi connectivity index (χ4v) is 2.84. The van der Waals surface area contributed by atoms with E-state index >= 15 is 0 Å². The van der Waals surface area contributed by atoms with E-state index in [1.165, 1.54) is 12.5 Å². The quantitative estimate of drug-likeness (QED) is 0.627. The molecule has 1 aromatic carbocycles. The molecule has 0 aliphatic carbocycles. The monoisotopic (exact) mass is 305 g/mol. The van der Waals surface area contributed by atoms with E-state index in [1.54, 1.807) is 24.3 Å². The maximum Gasteiger partial charge on any atom is 0.412 e. The van der Waals surface area contributed by atoms with Gasteiger partial charge in [0.2, 0.25) is 0 Å². The van der Waals surface area contributed by atoms with E-state index in [4.69, 9.17) is 5.84 Å². The lowest BCUT2D eigenvalue weighted by Gasteiger charge is -2.21. The SMILES string of the molecule is Nn1cc2c3c(ncnc31)-c1ccccc1NC2C(F)(F)F. The Kier molecular flexibility index (Phi) is 2.42. The molecular formula is C14H10F3N5. The third-order valence-corrected chi connectivity index (χ3v) is 3.76. The Balaban J connectivity index is 2.15. The molecule has 22 heavy (non-hydrogen) atoms. The first-order valence-corrected chi connectivity index (χ1v) is 6.50. The second-order valence-electron chi connectivity index (χ2n) is 5.08. The van der Waals surface area contributed by atoms with Crippen LogP contribution in [0.4, 0.5) is 18.9 Å². The molecule has 1 aliphatic rings. The number of nitrogens with zero attached hydrogens (tertiary/aromatic N) is 3. The van der Waals surface area contributed by atoms with E-state index in [2.05, 4.69) is 15.3 Å². The minimum absolute atomic E-state index is 0.0248. The number of nitrogens with one attached hydrogen (secondary N) is 1. The van der Waals surface area contributed by atoms with Crippen LogP contribution >= 0.6 is 0 Å². The molecule has 1 atom stereocenters. The molecule has 3 aromatic rings. The summed E-state index contributed by atoms with van der Waals surface area (Å²) >= 11 is 0. The van der Waals surface area contributed by atoms with Gasteiger partial charge >= 0.3 is 6.18 Å². The van der Waals surface area contributed by atoms with E-state index in [1.807, 2.05) is 0 Å². The topological polar surface area (TPSA) is 68.8 Å². The minimum Gasteiger partial charge on any atom is -0.370 e. The zero-order chi connectivity index (χ0) is 15.5. The largest absolute Gasteiger partial charge is 0.412 e. The molecule has 0 saturated heterocycles. The number of nitrogen functional groups attached to an aromatic ring is 1. The van der Waals surface area contributed by atoms with Crippen LogP contribution < -0.4 is 11.2 Å². The summed E-state index contributed by atoms with van der Waals surface area (Å²) in [7, 11) is 0. The standard InChI is InChI=1S/C14H10F3N5/c15-14(16,17)12-8-5-22(18)13-10(8)11(19-6-20-13)7-3-1-2-4-9(7)21-12/h1-6,12,21H,18H2. The van der Waals surface area contributed by atoms with Crippen LogP contribution in [0.5, 0.6) is 0 Å². The Morgan fingerprint density at radius 1 is 1.18 bits per heavy atom. The van der Waals surface area contributed by atoms with Crippen molar-refractivity contribution in [2.75, 3.05) is 11.2 Å². The summed E-state index contributed by atoms with van der Waals surface area (Å²) in [5.41, 5.74) is 1.71. The highest BCUT2D eigenvalue weighted by Crippen LogP contribution is 2.45. The minimum atomic E-state index is -4.47. The number of hydrogen-bond acceptors (Lipinski definition) is 4. The zero-order valence-corrected chi connectivity index (χ0v) is 11.1. The van der Waals surface area contributed by atoms with E-state index in [0.29, 0.717) is 22.3 Å². The van der Waals surface area contributed by atoms with Crippen molar-refractivity contribution in [3.05, 3.63) is 42.4 Å². The maximum atomic E-state index is 13.5. The number of rotatable bonds is 0. The first-order chi connectivity index (χ1) is 10.5. The lowest BCUT2D eigenvalue weighted by molar-refractivity contribution is -0.143. The normalized spacial score (nSPS) is 17.0. The van der Waals surface area contributed by atoms with Gasteiger partial charge in [0.05, 0.1) is 11.1 Å². The van der Waals surface area contributed by atoms with Crippen molar-refractivity contribution in [2.45, 2.75) is 12.2 Å². The lowest BCUT2D eigenvalue weighted by Crippen LogP contribution is -2.27. The predicted molar refractivity (Wildman–Crippen MR) is 75.5 cm³/mol. The fraction of sp³-hybridized carbons (Fsp3) is 0.143. The third kappa shape index (κ3) is 1.66. The highest BCUT2D eigenvalue weighted by molar-refractivity contribution is 5.99. The Hall–Kier alpha value is -2.77. The molecule has 5 nitrogen and oxygen atoms in total. The molecular weight excluding hydrogens is 295 g/mol. The van der Waals surface area contributed by atoms with Gasteiger partial charge in [0, 0.05) is 23.0 Å². The van der Waals surface area contributed by atoms with Gasteiger partial charge in [-0.2, -0.15) is 13.2 Å². The van der Waals surface area contributed by atoms with E-state index in [-0.39, 0.29) is 11.2 Å². The molecule has 2 aromatic heterocycles. The van der Waals surface area contributed by atoms with Crippen molar-refractivity contribution < 1.29 is 13.2 Å². The third-order valence-electron chi connectivity index (χ3n) is 3.76. The highest BCUT2D eigenvalue weighted by atomic mass is 19.4. The number of alkyl halides is 3. The molecule has 1 aliphatic heterocycles. The molecule has 8 heteroatoms. The smallest absolute Gasteiger partial charge is 0.370 e. The molecule has 0 saturated carbocycles. The van der Waals surface area contributed by atoms with Crippen LogP contribution in [0.15, 0.2) is 36.8 Å². The van der Waals surface area contributed by atoms with Crippen molar-refractivity contribution >= 4 is 16.7 Å². The van der Waals surface area contributed by atoms with Crippen LogP contribution in [-0.4, -0.2) is 20.8 Å². The highest BCUT2D eigenvalue weighted by Gasteiger charge is 2.44. The summed E-state index contributed by atoms with van der Waals surface area (Å²) in [4.78, 5) is 8.19. The Morgan fingerprint density at radius 3 is 2.73 bits per heavy atom. The number of halogens is 3. The number of aromatic nitrogens is 3. The Labute approximate surface area is 122 Å². The van der Waals surface area contributed by atoms with Crippen LogP contribution in [0, 0.1) is 0 Å². The molecule has 0 fully saturated rings. The second kappa shape index (κ2) is 4.12. The van der Waals surface area contributed by atoms with Crippen LogP contribution in [0.25, 0.3) is 22.3 Å². The van der Waals surface area contributed by atoms with Crippen molar-refractivity contribution in [1.29, 1.82) is 0 Å². The molecule has 4 rings (SSSR count). The van der Waals surface area contributed by atoms with Crippen molar-refractivity contribution in [3.8, 4) is 11.3 Å². The molecule has 112 valence electrons. The van der Waals surface area contributed by atoms with Gasteiger partial charge in [0.1, 0.15) is 6.33 Å². The summed E-state index contributed by atoms with van der Waals surface area (Å²) in [5, 5.41) is 2.88. The van der Waals surface area contributed by atoms with Crippen molar-refractivity contribution in [2.24, 2.45) is 0 Å². The Bertz CT molecular complexity index is 884. The number of fused-ring (bicyclic) bond motifs is 2. The predicted octanol–water partition coefficient (Wildman–Crippen LogP) is 2.84. The van der Waals surface area contributed by atoms with E-state index in [0.717, 1.165) is 4.68 Å². The van der Waals surface area contributed by atoms with Crippen LogP contribution in [0.3, 0.4) is 0 Å². The maximum absolute atomic E-state index is 13.5. The summed E-state index contributed by atoms with van der Waals surface area (Å²) in [6.45, 7) is 0. The molecule has 0 amide bonds. The number of nitrogens with two attached hydrogens (primary N) is 1. The first kappa shape index (κ1) is 12.9. The zero-order valence-electron chi connectivity index (χ0n) is 11.1.